The molecule has 330 valence electrons. The Morgan fingerprint density at radius 3 is 1.60 bits per heavy atom. The highest BCUT2D eigenvalue weighted by atomic mass is 16.3. The molecule has 0 aliphatic heterocycles. The van der Waals surface area contributed by atoms with E-state index in [2.05, 4.69) is 220 Å². The molecule has 2 unspecified atom stereocenters. The summed E-state index contributed by atoms with van der Waals surface area (Å²) in [6, 6.07) is 79.8. The average molecular weight is 899 g/mol. The number of nitrogens with zero attached hydrogens (tertiary/aromatic N) is 4. The zero-order chi connectivity index (χ0) is 46.1. The predicted molar refractivity (Wildman–Crippen MR) is 283 cm³/mol. The predicted octanol–water partition coefficient (Wildman–Crippen LogP) is 16.2. The van der Waals surface area contributed by atoms with Gasteiger partial charge in [-0.15, -0.1) is 0 Å². The van der Waals surface area contributed by atoms with Gasteiger partial charge < -0.3 is 13.4 Å². The molecule has 0 saturated heterocycles. The van der Waals surface area contributed by atoms with Crippen molar-refractivity contribution in [3.63, 3.8) is 0 Å². The van der Waals surface area contributed by atoms with E-state index in [0.717, 1.165) is 88.8 Å². The van der Waals surface area contributed by atoms with E-state index < -0.39 is 0 Å². The maximum Gasteiger partial charge on any atom is 0.213 e. The van der Waals surface area contributed by atoms with Crippen molar-refractivity contribution in [2.45, 2.75) is 11.8 Å². The van der Waals surface area contributed by atoms with Crippen LogP contribution in [0, 0.1) is 0 Å². The lowest BCUT2D eigenvalue weighted by Gasteiger charge is -2.20. The van der Waals surface area contributed by atoms with Crippen LogP contribution in [0.3, 0.4) is 0 Å². The molecule has 0 saturated carbocycles. The van der Waals surface area contributed by atoms with Crippen LogP contribution < -0.4 is 0 Å². The van der Waals surface area contributed by atoms with E-state index >= 15 is 0 Å². The molecule has 6 heteroatoms. The fourth-order valence-electron chi connectivity index (χ4n) is 11.1. The summed E-state index contributed by atoms with van der Waals surface area (Å²) in [6.07, 6.45) is 5.70. The Bertz CT molecular complexity index is 4180. The first-order chi connectivity index (χ1) is 34.7. The quantitative estimate of drug-likeness (QED) is 0.145. The third-order valence-corrected chi connectivity index (χ3v) is 14.2. The zero-order valence-electron chi connectivity index (χ0n) is 37.9. The van der Waals surface area contributed by atoms with Crippen LogP contribution in [0.1, 0.15) is 45.2 Å². The van der Waals surface area contributed by atoms with Crippen LogP contribution in [0.2, 0.25) is 0 Å². The number of rotatable bonds is 9. The van der Waals surface area contributed by atoms with Crippen LogP contribution in [0.5, 0.6) is 0 Å². The molecule has 0 N–H and O–H groups in total. The molecule has 8 aromatic carbocycles. The van der Waals surface area contributed by atoms with Crippen LogP contribution >= 0.6 is 0 Å². The fourth-order valence-corrected chi connectivity index (χ4v) is 11.1. The van der Waals surface area contributed by atoms with Gasteiger partial charge in [-0.2, -0.15) is 0 Å². The highest BCUT2D eigenvalue weighted by Crippen LogP contribution is 2.45. The molecule has 14 aromatic rings. The number of fused-ring (bicyclic) bond motifs is 10. The van der Waals surface area contributed by atoms with Gasteiger partial charge in [-0.25, -0.2) is 0 Å². The second kappa shape index (κ2) is 16.2. The molecule has 6 nitrogen and oxygen atoms in total. The van der Waals surface area contributed by atoms with Crippen molar-refractivity contribution in [1.82, 2.24) is 19.1 Å². The molecule has 70 heavy (non-hydrogen) atoms. The van der Waals surface area contributed by atoms with Gasteiger partial charge in [0.25, 0.3) is 0 Å². The topological polar surface area (TPSA) is 61.9 Å². The normalized spacial score (nSPS) is 12.7. The first-order valence-electron chi connectivity index (χ1n) is 23.8. The number of pyridine rings is 2. The van der Waals surface area contributed by atoms with Crippen molar-refractivity contribution in [3.05, 3.63) is 276 Å². The summed E-state index contributed by atoms with van der Waals surface area (Å²) < 4.78 is 18.1. The van der Waals surface area contributed by atoms with Gasteiger partial charge in [0.05, 0.1) is 27.5 Å². The lowest BCUT2D eigenvalue weighted by molar-refractivity contribution is 0.645. The lowest BCUT2D eigenvalue weighted by Crippen LogP contribution is -2.05. The van der Waals surface area contributed by atoms with Gasteiger partial charge in [0.15, 0.2) is 5.58 Å². The van der Waals surface area contributed by atoms with Gasteiger partial charge >= 0.3 is 0 Å². The zero-order valence-corrected chi connectivity index (χ0v) is 37.9. The summed E-state index contributed by atoms with van der Waals surface area (Å²) in [5.74, 6) is -0.00417. The molecule has 6 aromatic heterocycles. The molecule has 0 aliphatic rings. The SMILES string of the molecule is c1ccc(C(c2ccncc2)c2ccc(-n3c4cccc(-c5cc(C(c6ccccc6)c6ccc(-n7c8ccccc8c8c9ccccc9oc87)cc6)ccn5)c4c4oc5ccccc5c43)cc2)cc1. The minimum absolute atomic E-state index is 0.0606. The number of hydrogen-bond acceptors (Lipinski definition) is 4. The molecule has 2 atom stereocenters. The summed E-state index contributed by atoms with van der Waals surface area (Å²) in [4.78, 5) is 9.44. The molecular formula is C64H42N4O2. The molecule has 0 fully saturated rings. The summed E-state index contributed by atoms with van der Waals surface area (Å²) in [6.45, 7) is 0. The maximum absolute atomic E-state index is 6.87. The van der Waals surface area contributed by atoms with Gasteiger partial charge in [0, 0.05) is 63.5 Å². The Kier molecular flexibility index (Phi) is 9.24. The molecule has 14 rings (SSSR count). The molecular weight excluding hydrogens is 857 g/mol. The van der Waals surface area contributed by atoms with Crippen LogP contribution in [0.25, 0.3) is 88.6 Å². The average Bonchev–Trinajstić information content (AvgIpc) is 4.17. The standard InChI is InChI=1S/C64H42N4O2/c1-3-14-41(15-4-1)58(45-34-37-65-38-35-45)43-26-30-47(31-27-43)67-55-23-13-21-49(61(55)63-62(67)52-20-9-12-25-57(52)69-63)53-40-46(36-39-66-53)59(42-16-5-2-6-17-42)44-28-32-48(33-29-44)68-54-22-10-7-18-50(54)60-51-19-8-11-24-56(51)70-64(60)68/h1-40,58-59H. The third kappa shape index (κ3) is 6.34. The Hall–Kier alpha value is -9.26. The van der Waals surface area contributed by atoms with Crippen LogP contribution in [-0.4, -0.2) is 19.1 Å². The van der Waals surface area contributed by atoms with E-state index in [9.17, 15) is 0 Å². The minimum Gasteiger partial charge on any atom is -0.454 e. The first-order valence-corrected chi connectivity index (χ1v) is 23.8. The highest BCUT2D eigenvalue weighted by molar-refractivity contribution is 6.21. The van der Waals surface area contributed by atoms with E-state index in [1.807, 2.05) is 36.8 Å². The third-order valence-electron chi connectivity index (χ3n) is 14.2. The molecule has 0 spiro atoms. The highest BCUT2D eigenvalue weighted by Gasteiger charge is 2.26. The summed E-state index contributed by atoms with van der Waals surface area (Å²) in [5.41, 5.74) is 17.8. The van der Waals surface area contributed by atoms with Gasteiger partial charge in [-0.1, -0.05) is 146 Å². The minimum atomic E-state index is -0.0648. The van der Waals surface area contributed by atoms with E-state index in [1.54, 1.807) is 0 Å². The molecule has 0 bridgehead atoms. The largest absolute Gasteiger partial charge is 0.454 e. The number of aromatic nitrogens is 4. The second-order valence-corrected chi connectivity index (χ2v) is 18.1. The van der Waals surface area contributed by atoms with E-state index in [1.165, 1.54) is 33.2 Å². The Labute approximate surface area is 403 Å². The number of furan rings is 2. The maximum atomic E-state index is 6.87. The summed E-state index contributed by atoms with van der Waals surface area (Å²) >= 11 is 0. The molecule has 0 radical (unpaired) electrons. The Balaban J connectivity index is 0.894. The van der Waals surface area contributed by atoms with Crippen molar-refractivity contribution in [1.29, 1.82) is 0 Å². The molecule has 6 heterocycles. The number of hydrogen-bond donors (Lipinski definition) is 0. The van der Waals surface area contributed by atoms with Crippen LogP contribution in [-0.2, 0) is 0 Å². The molecule has 0 aliphatic carbocycles. The second-order valence-electron chi connectivity index (χ2n) is 18.1. The molecule has 0 amide bonds. The van der Waals surface area contributed by atoms with Crippen molar-refractivity contribution in [3.8, 4) is 22.6 Å². The van der Waals surface area contributed by atoms with Crippen LogP contribution in [0.4, 0.5) is 0 Å². The lowest BCUT2D eigenvalue weighted by atomic mass is 9.85. The van der Waals surface area contributed by atoms with Crippen LogP contribution in [0.15, 0.2) is 252 Å². The van der Waals surface area contributed by atoms with Crippen molar-refractivity contribution < 1.29 is 8.83 Å². The van der Waals surface area contributed by atoms with Gasteiger partial charge in [-0.3, -0.25) is 14.5 Å². The van der Waals surface area contributed by atoms with Gasteiger partial charge in [-0.05, 0) is 112 Å². The van der Waals surface area contributed by atoms with Crippen molar-refractivity contribution in [2.24, 2.45) is 0 Å². The fraction of sp³-hybridized carbons (Fsp3) is 0.0312. The first kappa shape index (κ1) is 39.9. The summed E-state index contributed by atoms with van der Waals surface area (Å²) in [7, 11) is 0. The summed E-state index contributed by atoms with van der Waals surface area (Å²) in [5, 5.41) is 5.52. The van der Waals surface area contributed by atoms with Gasteiger partial charge in [0.2, 0.25) is 5.71 Å². The van der Waals surface area contributed by atoms with E-state index in [4.69, 9.17) is 13.8 Å². The number of para-hydroxylation sites is 3. The van der Waals surface area contributed by atoms with Gasteiger partial charge in [0.1, 0.15) is 16.7 Å². The Morgan fingerprint density at radius 2 is 0.900 bits per heavy atom. The van der Waals surface area contributed by atoms with Crippen molar-refractivity contribution in [2.75, 3.05) is 0 Å². The number of benzene rings is 8. The Morgan fingerprint density at radius 1 is 0.371 bits per heavy atom. The van der Waals surface area contributed by atoms with Crippen molar-refractivity contribution >= 4 is 65.9 Å². The monoisotopic (exact) mass is 898 g/mol. The smallest absolute Gasteiger partial charge is 0.213 e. The van der Waals surface area contributed by atoms with E-state index in [-0.39, 0.29) is 11.8 Å². The van der Waals surface area contributed by atoms with E-state index in [0.29, 0.717) is 0 Å².